The molecule has 3 rings (SSSR count). The molecule has 17 heavy (non-hydrogen) atoms. The SMILES string of the molecule is Cc1ccn(Cc2csc(CNC3CC3)n2)n1. The maximum Gasteiger partial charge on any atom is 0.107 e. The van der Waals surface area contributed by atoms with E-state index in [2.05, 4.69) is 20.8 Å². The zero-order valence-electron chi connectivity index (χ0n) is 9.89. The van der Waals surface area contributed by atoms with Crippen LogP contribution in [0.3, 0.4) is 0 Å². The number of rotatable bonds is 5. The molecule has 0 spiro atoms. The average molecular weight is 248 g/mol. The van der Waals surface area contributed by atoms with Crippen molar-refractivity contribution in [2.45, 2.75) is 38.9 Å². The zero-order chi connectivity index (χ0) is 11.7. The van der Waals surface area contributed by atoms with Crippen LogP contribution in [0.25, 0.3) is 0 Å². The van der Waals surface area contributed by atoms with Gasteiger partial charge in [0.05, 0.1) is 17.9 Å². The van der Waals surface area contributed by atoms with Crippen molar-refractivity contribution in [2.24, 2.45) is 0 Å². The van der Waals surface area contributed by atoms with Gasteiger partial charge in [0, 0.05) is 24.2 Å². The van der Waals surface area contributed by atoms with Crippen LogP contribution in [0.15, 0.2) is 17.6 Å². The molecule has 0 saturated heterocycles. The summed E-state index contributed by atoms with van der Waals surface area (Å²) in [5.41, 5.74) is 2.15. The largest absolute Gasteiger partial charge is 0.308 e. The Morgan fingerprint density at radius 3 is 3.12 bits per heavy atom. The predicted molar refractivity (Wildman–Crippen MR) is 68.0 cm³/mol. The summed E-state index contributed by atoms with van der Waals surface area (Å²) in [4.78, 5) is 4.61. The number of aryl methyl sites for hydroxylation is 1. The summed E-state index contributed by atoms with van der Waals surface area (Å²) >= 11 is 1.73. The van der Waals surface area contributed by atoms with Gasteiger partial charge in [-0.1, -0.05) is 0 Å². The monoisotopic (exact) mass is 248 g/mol. The van der Waals surface area contributed by atoms with E-state index >= 15 is 0 Å². The van der Waals surface area contributed by atoms with Gasteiger partial charge in [0.15, 0.2) is 0 Å². The standard InChI is InChI=1S/C12H16N4S/c1-9-4-5-16(15-9)7-11-8-17-12(14-11)6-13-10-2-3-10/h4-5,8,10,13H,2-3,6-7H2,1H3. The lowest BCUT2D eigenvalue weighted by Crippen LogP contribution is -2.15. The Kier molecular flexibility index (Phi) is 2.94. The molecule has 0 bridgehead atoms. The highest BCUT2D eigenvalue weighted by molar-refractivity contribution is 7.09. The lowest BCUT2D eigenvalue weighted by Gasteiger charge is -1.98. The average Bonchev–Trinajstić information content (AvgIpc) is 2.90. The summed E-state index contributed by atoms with van der Waals surface area (Å²) in [6.07, 6.45) is 4.65. The van der Waals surface area contributed by atoms with Crippen molar-refractivity contribution >= 4 is 11.3 Å². The van der Waals surface area contributed by atoms with E-state index < -0.39 is 0 Å². The molecule has 0 aliphatic heterocycles. The molecule has 0 amide bonds. The molecule has 1 fully saturated rings. The lowest BCUT2D eigenvalue weighted by atomic mass is 10.5. The molecular weight excluding hydrogens is 232 g/mol. The van der Waals surface area contributed by atoms with E-state index in [0.29, 0.717) is 0 Å². The third-order valence-corrected chi connectivity index (χ3v) is 3.71. The van der Waals surface area contributed by atoms with Gasteiger partial charge in [-0.05, 0) is 25.8 Å². The molecule has 1 aliphatic carbocycles. The van der Waals surface area contributed by atoms with Gasteiger partial charge < -0.3 is 5.32 Å². The minimum absolute atomic E-state index is 0.746. The highest BCUT2D eigenvalue weighted by Crippen LogP contribution is 2.20. The minimum Gasteiger partial charge on any atom is -0.308 e. The van der Waals surface area contributed by atoms with Gasteiger partial charge in [0.1, 0.15) is 5.01 Å². The molecule has 1 saturated carbocycles. The van der Waals surface area contributed by atoms with E-state index in [1.807, 2.05) is 23.9 Å². The number of nitrogens with zero attached hydrogens (tertiary/aromatic N) is 3. The first kappa shape index (κ1) is 10.9. The predicted octanol–water partition coefficient (Wildman–Crippen LogP) is 1.95. The molecule has 0 unspecified atom stereocenters. The Balaban J connectivity index is 1.59. The zero-order valence-corrected chi connectivity index (χ0v) is 10.7. The Bertz CT molecular complexity index is 498. The highest BCUT2D eigenvalue weighted by Gasteiger charge is 2.20. The van der Waals surface area contributed by atoms with Crippen LogP contribution < -0.4 is 5.32 Å². The quantitative estimate of drug-likeness (QED) is 0.879. The first-order valence-electron chi connectivity index (χ1n) is 5.96. The second kappa shape index (κ2) is 4.58. The van der Waals surface area contributed by atoms with Crippen LogP contribution in [-0.4, -0.2) is 20.8 Å². The van der Waals surface area contributed by atoms with Gasteiger partial charge in [0.2, 0.25) is 0 Å². The van der Waals surface area contributed by atoms with Crippen LogP contribution in [0.5, 0.6) is 0 Å². The number of aromatic nitrogens is 3. The lowest BCUT2D eigenvalue weighted by molar-refractivity contribution is 0.656. The van der Waals surface area contributed by atoms with Gasteiger partial charge >= 0.3 is 0 Å². The molecule has 4 nitrogen and oxygen atoms in total. The molecule has 2 heterocycles. The fraction of sp³-hybridized carbons (Fsp3) is 0.500. The fourth-order valence-corrected chi connectivity index (χ4v) is 2.47. The maximum absolute atomic E-state index is 4.61. The molecule has 2 aromatic rings. The van der Waals surface area contributed by atoms with Crippen LogP contribution in [0, 0.1) is 6.92 Å². The number of nitrogens with one attached hydrogen (secondary N) is 1. The summed E-state index contributed by atoms with van der Waals surface area (Å²) in [5.74, 6) is 0. The first-order valence-corrected chi connectivity index (χ1v) is 6.84. The number of hydrogen-bond acceptors (Lipinski definition) is 4. The van der Waals surface area contributed by atoms with Crippen LogP contribution in [0.2, 0.25) is 0 Å². The summed E-state index contributed by atoms with van der Waals surface area (Å²) in [6, 6.07) is 2.76. The van der Waals surface area contributed by atoms with E-state index in [-0.39, 0.29) is 0 Å². The molecule has 5 heteroatoms. The van der Waals surface area contributed by atoms with E-state index in [1.165, 1.54) is 17.8 Å². The van der Waals surface area contributed by atoms with Gasteiger partial charge in [0.25, 0.3) is 0 Å². The van der Waals surface area contributed by atoms with Crippen LogP contribution in [0.4, 0.5) is 0 Å². The topological polar surface area (TPSA) is 42.7 Å². The molecular formula is C12H16N4S. The number of thiazole rings is 1. The fourth-order valence-electron chi connectivity index (χ4n) is 1.74. The molecule has 1 aliphatic rings. The molecule has 0 aromatic carbocycles. The smallest absolute Gasteiger partial charge is 0.107 e. The van der Waals surface area contributed by atoms with Crippen molar-refractivity contribution in [3.8, 4) is 0 Å². The van der Waals surface area contributed by atoms with Crippen molar-refractivity contribution in [1.29, 1.82) is 0 Å². The van der Waals surface area contributed by atoms with Gasteiger partial charge in [-0.3, -0.25) is 4.68 Å². The van der Waals surface area contributed by atoms with Crippen molar-refractivity contribution in [3.63, 3.8) is 0 Å². The summed E-state index contributed by atoms with van der Waals surface area (Å²) in [5, 5.41) is 11.1. The van der Waals surface area contributed by atoms with Crippen molar-refractivity contribution in [3.05, 3.63) is 34.0 Å². The number of hydrogen-bond donors (Lipinski definition) is 1. The van der Waals surface area contributed by atoms with Gasteiger partial charge in [-0.15, -0.1) is 11.3 Å². The second-order valence-electron chi connectivity index (χ2n) is 4.54. The molecule has 0 atom stereocenters. The van der Waals surface area contributed by atoms with Gasteiger partial charge in [-0.2, -0.15) is 5.10 Å². The van der Waals surface area contributed by atoms with E-state index in [0.717, 1.165) is 30.5 Å². The minimum atomic E-state index is 0.746. The molecule has 2 aromatic heterocycles. The van der Waals surface area contributed by atoms with Gasteiger partial charge in [-0.25, -0.2) is 4.98 Å². The second-order valence-corrected chi connectivity index (χ2v) is 5.49. The molecule has 1 N–H and O–H groups in total. The molecule has 0 radical (unpaired) electrons. The van der Waals surface area contributed by atoms with Crippen LogP contribution in [0.1, 0.15) is 29.2 Å². The van der Waals surface area contributed by atoms with Crippen LogP contribution >= 0.6 is 11.3 Å². The van der Waals surface area contributed by atoms with E-state index in [9.17, 15) is 0 Å². The van der Waals surface area contributed by atoms with Crippen molar-refractivity contribution in [2.75, 3.05) is 0 Å². The van der Waals surface area contributed by atoms with E-state index in [1.54, 1.807) is 11.3 Å². The summed E-state index contributed by atoms with van der Waals surface area (Å²) < 4.78 is 1.93. The Morgan fingerprint density at radius 2 is 2.41 bits per heavy atom. The normalized spacial score (nSPS) is 15.4. The Morgan fingerprint density at radius 1 is 1.53 bits per heavy atom. The van der Waals surface area contributed by atoms with Crippen molar-refractivity contribution < 1.29 is 0 Å². The highest BCUT2D eigenvalue weighted by atomic mass is 32.1. The summed E-state index contributed by atoms with van der Waals surface area (Å²) in [6.45, 7) is 3.68. The Labute approximate surface area is 105 Å². The summed E-state index contributed by atoms with van der Waals surface area (Å²) in [7, 11) is 0. The maximum atomic E-state index is 4.61. The third kappa shape index (κ3) is 2.92. The third-order valence-electron chi connectivity index (χ3n) is 2.82. The Hall–Kier alpha value is -1.20. The van der Waals surface area contributed by atoms with E-state index in [4.69, 9.17) is 0 Å². The van der Waals surface area contributed by atoms with Crippen molar-refractivity contribution in [1.82, 2.24) is 20.1 Å². The molecule has 90 valence electrons. The van der Waals surface area contributed by atoms with Crippen LogP contribution in [-0.2, 0) is 13.1 Å². The first-order chi connectivity index (χ1) is 8.29.